The number of piperidine rings is 1. The average molecular weight is 454 g/mol. The Kier molecular flexibility index (Phi) is 6.05. The number of benzene rings is 1. The number of carbonyl (C=O) groups is 2. The van der Waals surface area contributed by atoms with E-state index in [9.17, 15) is 14.4 Å². The lowest BCUT2D eigenvalue weighted by Crippen LogP contribution is -2.54. The Morgan fingerprint density at radius 1 is 1.21 bits per heavy atom. The van der Waals surface area contributed by atoms with E-state index in [0.717, 1.165) is 18.8 Å². The third-order valence-electron chi connectivity index (χ3n) is 7.45. The Bertz CT molecular complexity index is 1130. The van der Waals surface area contributed by atoms with Crippen LogP contribution in [0, 0.1) is 11.8 Å². The first kappa shape index (κ1) is 21.9. The molecule has 4 N–H and O–H groups in total. The van der Waals surface area contributed by atoms with Crippen molar-refractivity contribution in [1.29, 1.82) is 0 Å². The molecule has 0 radical (unpaired) electrons. The maximum absolute atomic E-state index is 12.9. The molecule has 176 valence electrons. The molecule has 0 bridgehead atoms. The molecule has 1 aromatic heterocycles. The number of fused-ring (bicyclic) bond motifs is 3. The summed E-state index contributed by atoms with van der Waals surface area (Å²) in [5.74, 6) is 0.692. The van der Waals surface area contributed by atoms with E-state index >= 15 is 0 Å². The Balaban J connectivity index is 1.23. The van der Waals surface area contributed by atoms with Crippen LogP contribution in [0.1, 0.15) is 51.4 Å². The molecule has 33 heavy (non-hydrogen) atoms. The molecule has 1 aliphatic carbocycles. The van der Waals surface area contributed by atoms with Crippen molar-refractivity contribution in [2.75, 3.05) is 11.9 Å². The van der Waals surface area contributed by atoms with Crippen LogP contribution in [-0.2, 0) is 16.1 Å². The Morgan fingerprint density at radius 3 is 2.91 bits per heavy atom. The third kappa shape index (κ3) is 4.34. The highest BCUT2D eigenvalue weighted by Gasteiger charge is 2.36. The van der Waals surface area contributed by atoms with Gasteiger partial charge in [0, 0.05) is 12.1 Å². The van der Waals surface area contributed by atoms with E-state index < -0.39 is 0 Å². The molecule has 2 aromatic rings. The predicted octanol–water partition coefficient (Wildman–Crippen LogP) is 1.92. The van der Waals surface area contributed by atoms with Gasteiger partial charge >= 0.3 is 0 Å². The molecule has 9 heteroatoms. The highest BCUT2D eigenvalue weighted by Crippen LogP contribution is 2.34. The van der Waals surface area contributed by atoms with Crippen LogP contribution in [0.2, 0.25) is 0 Å². The summed E-state index contributed by atoms with van der Waals surface area (Å²) in [4.78, 5) is 41.2. The van der Waals surface area contributed by atoms with Crippen molar-refractivity contribution in [2.24, 2.45) is 17.6 Å². The van der Waals surface area contributed by atoms with E-state index in [0.29, 0.717) is 42.1 Å². The maximum atomic E-state index is 12.9. The van der Waals surface area contributed by atoms with Crippen LogP contribution in [0.3, 0.4) is 0 Å². The summed E-state index contributed by atoms with van der Waals surface area (Å²) in [6, 6.07) is 5.87. The van der Waals surface area contributed by atoms with E-state index in [2.05, 4.69) is 15.6 Å². The maximum Gasteiger partial charge on any atom is 0.267 e. The molecule has 1 saturated carbocycles. The monoisotopic (exact) mass is 453 g/mol. The molecular formula is C24H31N5O4. The number of nitrogens with zero attached hydrogens (tertiary/aromatic N) is 2. The summed E-state index contributed by atoms with van der Waals surface area (Å²) in [5, 5.41) is 6.69. The predicted molar refractivity (Wildman–Crippen MR) is 124 cm³/mol. The van der Waals surface area contributed by atoms with E-state index in [4.69, 9.17) is 10.5 Å². The number of hydrogen-bond acceptors (Lipinski definition) is 6. The fourth-order valence-corrected chi connectivity index (χ4v) is 5.77. The van der Waals surface area contributed by atoms with Gasteiger partial charge in [-0.3, -0.25) is 24.3 Å². The molecule has 3 heterocycles. The summed E-state index contributed by atoms with van der Waals surface area (Å²) in [7, 11) is 0. The molecular weight excluding hydrogens is 422 g/mol. The van der Waals surface area contributed by atoms with Crippen LogP contribution >= 0.6 is 0 Å². The van der Waals surface area contributed by atoms with Gasteiger partial charge in [0.15, 0.2) is 0 Å². The summed E-state index contributed by atoms with van der Waals surface area (Å²) in [6.07, 6.45) is 8.47. The number of hydrogen-bond donors (Lipinski definition) is 3. The van der Waals surface area contributed by atoms with Crippen LogP contribution in [-0.4, -0.2) is 40.1 Å². The second kappa shape index (κ2) is 9.13. The minimum Gasteiger partial charge on any atom is -0.493 e. The van der Waals surface area contributed by atoms with Crippen molar-refractivity contribution in [2.45, 2.75) is 70.0 Å². The largest absolute Gasteiger partial charge is 0.493 e. The highest BCUT2D eigenvalue weighted by molar-refractivity contribution is 5.95. The van der Waals surface area contributed by atoms with Crippen molar-refractivity contribution in [3.05, 3.63) is 28.6 Å². The van der Waals surface area contributed by atoms with Gasteiger partial charge in [0.1, 0.15) is 17.7 Å². The quantitative estimate of drug-likeness (QED) is 0.550. The van der Waals surface area contributed by atoms with Crippen LogP contribution in [0.5, 0.6) is 5.75 Å². The average Bonchev–Trinajstić information content (AvgIpc) is 3.19. The zero-order valence-electron chi connectivity index (χ0n) is 18.7. The molecule has 1 saturated heterocycles. The highest BCUT2D eigenvalue weighted by atomic mass is 16.5. The lowest BCUT2D eigenvalue weighted by atomic mass is 9.75. The SMILES string of the molecule is NC(=O)C(CCCOc1cccc2nc3n(c(=O)c12)CC(=O)N3)C1CCC2CCCCC2N1. The van der Waals surface area contributed by atoms with Crippen molar-refractivity contribution in [3.63, 3.8) is 0 Å². The Labute approximate surface area is 192 Å². The van der Waals surface area contributed by atoms with Crippen LogP contribution in [0.4, 0.5) is 5.95 Å². The summed E-state index contributed by atoms with van der Waals surface area (Å²) in [5.41, 5.74) is 5.96. The molecule has 4 atom stereocenters. The molecule has 2 fully saturated rings. The number of aromatic nitrogens is 2. The van der Waals surface area contributed by atoms with Gasteiger partial charge in [-0.1, -0.05) is 18.9 Å². The van der Waals surface area contributed by atoms with E-state index in [-0.39, 0.29) is 41.8 Å². The fourth-order valence-electron chi connectivity index (χ4n) is 5.77. The number of carbonyl (C=O) groups excluding carboxylic acids is 2. The number of ether oxygens (including phenoxy) is 1. The van der Waals surface area contributed by atoms with E-state index in [1.54, 1.807) is 18.2 Å². The zero-order valence-corrected chi connectivity index (χ0v) is 18.7. The van der Waals surface area contributed by atoms with Crippen LogP contribution in [0.15, 0.2) is 23.0 Å². The molecule has 2 amide bonds. The standard InChI is InChI=1S/C24H31N5O4/c25-22(31)15(17-11-10-14-5-1-2-7-16(14)26-17)6-4-12-33-19-9-3-8-18-21(19)23(32)29-13-20(30)28-24(29)27-18/h3,8-9,14-17,26H,1-2,4-7,10-13H2,(H2,25,31)(H,27,28,30). The van der Waals surface area contributed by atoms with E-state index in [1.165, 1.54) is 30.3 Å². The van der Waals surface area contributed by atoms with Crippen molar-refractivity contribution >= 4 is 28.7 Å². The Morgan fingerprint density at radius 2 is 2.06 bits per heavy atom. The lowest BCUT2D eigenvalue weighted by Gasteiger charge is -2.42. The number of nitrogens with two attached hydrogens (primary N) is 1. The number of primary amides is 1. The Hall–Kier alpha value is -2.94. The normalized spacial score (nSPS) is 25.2. The first-order chi connectivity index (χ1) is 16.0. The molecule has 0 spiro atoms. The first-order valence-electron chi connectivity index (χ1n) is 12.0. The molecule has 5 rings (SSSR count). The second-order valence-electron chi connectivity index (χ2n) is 9.53. The second-order valence-corrected chi connectivity index (χ2v) is 9.53. The lowest BCUT2D eigenvalue weighted by molar-refractivity contribution is -0.123. The fraction of sp³-hybridized carbons (Fsp3) is 0.583. The van der Waals surface area contributed by atoms with Crippen molar-refractivity contribution in [3.8, 4) is 5.75 Å². The molecule has 3 aliphatic rings. The third-order valence-corrected chi connectivity index (χ3v) is 7.45. The number of anilines is 1. The van der Waals surface area contributed by atoms with Gasteiger partial charge in [-0.25, -0.2) is 4.98 Å². The van der Waals surface area contributed by atoms with Gasteiger partial charge in [-0.15, -0.1) is 0 Å². The minimum atomic E-state index is -0.299. The zero-order chi connectivity index (χ0) is 22.9. The number of amides is 2. The van der Waals surface area contributed by atoms with Gasteiger partial charge < -0.3 is 15.8 Å². The van der Waals surface area contributed by atoms with Crippen LogP contribution < -0.4 is 26.7 Å². The minimum absolute atomic E-state index is 0.0397. The van der Waals surface area contributed by atoms with E-state index in [1.807, 2.05) is 0 Å². The topological polar surface area (TPSA) is 128 Å². The number of rotatable bonds is 7. The smallest absolute Gasteiger partial charge is 0.267 e. The van der Waals surface area contributed by atoms with Gasteiger partial charge in [0.2, 0.25) is 17.8 Å². The molecule has 1 aromatic carbocycles. The summed E-state index contributed by atoms with van der Waals surface area (Å²) < 4.78 is 7.29. The van der Waals surface area contributed by atoms with Gasteiger partial charge in [0.25, 0.3) is 5.56 Å². The van der Waals surface area contributed by atoms with Gasteiger partial charge in [0.05, 0.1) is 18.0 Å². The summed E-state index contributed by atoms with van der Waals surface area (Å²) >= 11 is 0. The number of nitrogens with one attached hydrogen (secondary N) is 2. The van der Waals surface area contributed by atoms with Crippen molar-refractivity contribution < 1.29 is 14.3 Å². The summed E-state index contributed by atoms with van der Waals surface area (Å²) in [6.45, 7) is 0.321. The molecule has 2 aliphatic heterocycles. The van der Waals surface area contributed by atoms with Gasteiger partial charge in [-0.2, -0.15) is 0 Å². The van der Waals surface area contributed by atoms with Crippen LogP contribution in [0.25, 0.3) is 10.9 Å². The first-order valence-corrected chi connectivity index (χ1v) is 12.0. The molecule has 4 unspecified atom stereocenters. The van der Waals surface area contributed by atoms with Gasteiger partial charge in [-0.05, 0) is 56.6 Å². The van der Waals surface area contributed by atoms with Crippen molar-refractivity contribution in [1.82, 2.24) is 14.9 Å². The molecule has 9 nitrogen and oxygen atoms in total.